The number of rotatable bonds is 1. The molecule has 0 aliphatic carbocycles. The van der Waals surface area contributed by atoms with Gasteiger partial charge in [0, 0.05) is 0 Å². The van der Waals surface area contributed by atoms with Crippen LogP contribution in [0.1, 0.15) is 16.7 Å². The van der Waals surface area contributed by atoms with E-state index in [-0.39, 0.29) is 11.3 Å². The first-order valence-electron chi connectivity index (χ1n) is 7.47. The molecule has 4 nitrogen and oxygen atoms in total. The summed E-state index contributed by atoms with van der Waals surface area (Å²) >= 11 is 7.99. The largest absolute Gasteiger partial charge is 0.506 e. The van der Waals surface area contributed by atoms with E-state index in [2.05, 4.69) is 42.9 Å². The lowest BCUT2D eigenvalue weighted by Gasteiger charge is -2.01. The van der Waals surface area contributed by atoms with Crippen molar-refractivity contribution in [3.8, 4) is 5.75 Å². The van der Waals surface area contributed by atoms with Crippen LogP contribution in [0.3, 0.4) is 0 Å². The molecule has 2 aromatic heterocycles. The van der Waals surface area contributed by atoms with Gasteiger partial charge in [-0.15, -0.1) is 0 Å². The van der Waals surface area contributed by atoms with Gasteiger partial charge in [0.2, 0.25) is 0 Å². The highest BCUT2D eigenvalue weighted by Crippen LogP contribution is 2.33. The zero-order valence-corrected chi connectivity index (χ0v) is 17.3. The molecule has 0 bridgehead atoms. The van der Waals surface area contributed by atoms with Crippen LogP contribution in [0.2, 0.25) is 0 Å². The summed E-state index contributed by atoms with van der Waals surface area (Å²) in [5.74, 6) is 0.137. The number of hydrogen-bond acceptors (Lipinski definition) is 4. The van der Waals surface area contributed by atoms with E-state index >= 15 is 0 Å². The van der Waals surface area contributed by atoms with Gasteiger partial charge in [-0.25, -0.2) is 9.38 Å². The fraction of sp³-hybridized carbons (Fsp3) is 0.111. The quantitative estimate of drug-likeness (QED) is 0.442. The van der Waals surface area contributed by atoms with Crippen molar-refractivity contribution in [2.24, 2.45) is 0 Å². The Labute approximate surface area is 163 Å². The van der Waals surface area contributed by atoms with Crippen LogP contribution in [-0.2, 0) is 0 Å². The van der Waals surface area contributed by atoms with Crippen LogP contribution in [0, 0.1) is 13.8 Å². The van der Waals surface area contributed by atoms with Crippen molar-refractivity contribution in [3.05, 3.63) is 64.8 Å². The molecular weight excluding hydrogens is 468 g/mol. The molecule has 0 saturated carbocycles. The molecule has 0 unspecified atom stereocenters. The number of thiazole rings is 1. The second-order valence-corrected chi connectivity index (χ2v) is 8.65. The normalized spacial score (nSPS) is 12.6. The van der Waals surface area contributed by atoms with E-state index < -0.39 is 0 Å². The molecule has 126 valence electrons. The van der Waals surface area contributed by atoms with Gasteiger partial charge >= 0.3 is 0 Å². The summed E-state index contributed by atoms with van der Waals surface area (Å²) in [5.41, 5.74) is 4.64. The predicted octanol–water partition coefficient (Wildman–Crippen LogP) is 4.30. The third kappa shape index (κ3) is 2.70. The molecule has 25 heavy (non-hydrogen) atoms. The van der Waals surface area contributed by atoms with Gasteiger partial charge < -0.3 is 5.11 Å². The predicted molar refractivity (Wildman–Crippen MR) is 109 cm³/mol. The van der Waals surface area contributed by atoms with Crippen molar-refractivity contribution in [2.75, 3.05) is 0 Å². The van der Waals surface area contributed by atoms with E-state index in [0.717, 1.165) is 27.7 Å². The number of phenols is 1. The molecule has 0 amide bonds. The Balaban J connectivity index is 2.01. The van der Waals surface area contributed by atoms with Crippen LogP contribution in [0.5, 0.6) is 5.75 Å². The smallest absolute Gasteiger partial charge is 0.274 e. The number of aromatic nitrogens is 2. The molecule has 4 aromatic rings. The zero-order valence-electron chi connectivity index (χ0n) is 13.3. The average Bonchev–Trinajstić information content (AvgIpc) is 3.03. The first-order chi connectivity index (χ1) is 11.8. The number of halogens is 2. The number of fused-ring (bicyclic) bond motifs is 3. The lowest BCUT2D eigenvalue weighted by atomic mass is 10.1. The van der Waals surface area contributed by atoms with Crippen molar-refractivity contribution in [1.29, 1.82) is 0 Å². The van der Waals surface area contributed by atoms with Gasteiger partial charge in [-0.1, -0.05) is 17.4 Å². The summed E-state index contributed by atoms with van der Waals surface area (Å²) in [5, 5.41) is 9.82. The highest BCUT2D eigenvalue weighted by atomic mass is 79.9. The van der Waals surface area contributed by atoms with E-state index in [1.165, 1.54) is 11.3 Å². The molecule has 0 saturated heterocycles. The van der Waals surface area contributed by atoms with Crippen LogP contribution in [-0.4, -0.2) is 14.5 Å². The fourth-order valence-corrected chi connectivity index (χ4v) is 5.13. The molecule has 4 rings (SSSR count). The van der Waals surface area contributed by atoms with Crippen LogP contribution >= 0.6 is 43.2 Å². The Bertz CT molecular complexity index is 1250. The Morgan fingerprint density at radius 1 is 1.16 bits per heavy atom. The molecule has 0 spiro atoms. The Morgan fingerprint density at radius 3 is 2.52 bits per heavy atom. The monoisotopic (exact) mass is 478 g/mol. The lowest BCUT2D eigenvalue weighted by Crippen LogP contribution is -2.22. The fourth-order valence-electron chi connectivity index (χ4n) is 2.93. The van der Waals surface area contributed by atoms with Crippen molar-refractivity contribution >= 4 is 65.3 Å². The summed E-state index contributed by atoms with van der Waals surface area (Å²) < 4.78 is 3.42. The van der Waals surface area contributed by atoms with E-state index in [1.807, 2.05) is 26.0 Å². The zero-order chi connectivity index (χ0) is 17.9. The topological polar surface area (TPSA) is 54.6 Å². The molecule has 0 aliphatic heterocycles. The van der Waals surface area contributed by atoms with E-state index in [0.29, 0.717) is 18.4 Å². The number of aryl methyl sites for hydroxylation is 2. The molecular formula is C18H12Br2N2O2S. The third-order valence-electron chi connectivity index (χ3n) is 4.02. The van der Waals surface area contributed by atoms with Gasteiger partial charge in [-0.3, -0.25) is 4.79 Å². The minimum atomic E-state index is -0.0761. The minimum absolute atomic E-state index is 0.0761. The molecule has 2 aromatic carbocycles. The summed E-state index contributed by atoms with van der Waals surface area (Å²) in [4.78, 5) is 18.2. The Hall–Kier alpha value is -1.70. The molecule has 0 radical (unpaired) electrons. The Morgan fingerprint density at radius 2 is 1.84 bits per heavy atom. The second-order valence-electron chi connectivity index (χ2n) is 5.93. The third-order valence-corrected chi connectivity index (χ3v) is 6.19. The van der Waals surface area contributed by atoms with Gasteiger partial charge in [0.05, 0.1) is 24.5 Å². The number of benzene rings is 2. The van der Waals surface area contributed by atoms with Crippen LogP contribution < -0.4 is 10.1 Å². The molecule has 0 atom stereocenters. The summed E-state index contributed by atoms with van der Waals surface area (Å²) in [6.45, 7) is 4.02. The van der Waals surface area contributed by atoms with Gasteiger partial charge in [0.1, 0.15) is 5.75 Å². The highest BCUT2D eigenvalue weighted by Gasteiger charge is 2.13. The maximum absolute atomic E-state index is 12.9. The number of hydrogen-bond donors (Lipinski definition) is 1. The van der Waals surface area contributed by atoms with E-state index in [1.54, 1.807) is 16.5 Å². The molecule has 0 fully saturated rings. The number of phenolic OH excluding ortho intramolecular Hbond substituents is 1. The first-order valence-corrected chi connectivity index (χ1v) is 9.87. The highest BCUT2D eigenvalue weighted by molar-refractivity contribution is 9.11. The standard InChI is InChI=1S/C18H12Br2N2O2S/c1-8-3-9(2)15-13(4-8)22-17(24)14(25-18(22)21-15)7-10-5-11(19)16(23)12(20)6-10/h3-7,23H,1-2H3/b14-7+. The summed E-state index contributed by atoms with van der Waals surface area (Å²) in [7, 11) is 0. The molecule has 2 heterocycles. The van der Waals surface area contributed by atoms with Crippen molar-refractivity contribution < 1.29 is 5.11 Å². The maximum Gasteiger partial charge on any atom is 0.274 e. The molecule has 1 N–H and O–H groups in total. The van der Waals surface area contributed by atoms with Gasteiger partial charge in [0.15, 0.2) is 4.96 Å². The van der Waals surface area contributed by atoms with Crippen LogP contribution in [0.25, 0.3) is 22.1 Å². The summed E-state index contributed by atoms with van der Waals surface area (Å²) in [6, 6.07) is 7.61. The SMILES string of the molecule is Cc1cc(C)c2nc3s/c(=C/c4cc(Br)c(O)c(Br)c4)c(=O)n3c2c1. The number of nitrogens with zero attached hydrogens (tertiary/aromatic N) is 2. The van der Waals surface area contributed by atoms with Crippen molar-refractivity contribution in [2.45, 2.75) is 13.8 Å². The Kier molecular flexibility index (Phi) is 3.97. The first kappa shape index (κ1) is 16.8. The summed E-state index contributed by atoms with van der Waals surface area (Å²) in [6.07, 6.45) is 1.81. The molecule has 0 aliphatic rings. The average molecular weight is 480 g/mol. The van der Waals surface area contributed by atoms with E-state index in [9.17, 15) is 9.90 Å². The van der Waals surface area contributed by atoms with Crippen molar-refractivity contribution in [1.82, 2.24) is 9.38 Å². The maximum atomic E-state index is 12.9. The minimum Gasteiger partial charge on any atom is -0.506 e. The van der Waals surface area contributed by atoms with Crippen molar-refractivity contribution in [3.63, 3.8) is 0 Å². The number of aromatic hydroxyl groups is 1. The van der Waals surface area contributed by atoms with Gasteiger partial charge in [-0.05, 0) is 86.7 Å². The lowest BCUT2D eigenvalue weighted by molar-refractivity contribution is 0.468. The van der Waals surface area contributed by atoms with Crippen LogP contribution in [0.4, 0.5) is 0 Å². The molecule has 7 heteroatoms. The van der Waals surface area contributed by atoms with E-state index in [4.69, 9.17) is 0 Å². The van der Waals surface area contributed by atoms with Gasteiger partial charge in [0.25, 0.3) is 5.56 Å². The van der Waals surface area contributed by atoms with Gasteiger partial charge in [-0.2, -0.15) is 0 Å². The second kappa shape index (κ2) is 5.93. The number of imidazole rings is 1. The van der Waals surface area contributed by atoms with Crippen LogP contribution in [0.15, 0.2) is 38.0 Å².